The van der Waals surface area contributed by atoms with Crippen molar-refractivity contribution in [3.05, 3.63) is 24.3 Å². The highest BCUT2D eigenvalue weighted by molar-refractivity contribution is 7.99. The van der Waals surface area contributed by atoms with Gasteiger partial charge in [-0.3, -0.25) is 0 Å². The molecule has 0 saturated carbocycles. The van der Waals surface area contributed by atoms with Crippen LogP contribution in [-0.4, -0.2) is 62.1 Å². The third-order valence-corrected chi connectivity index (χ3v) is 6.62. The zero-order valence-corrected chi connectivity index (χ0v) is 17.0. The van der Waals surface area contributed by atoms with Gasteiger partial charge in [0, 0.05) is 24.5 Å². The smallest absolute Gasteiger partial charge is 0.319 e. The summed E-state index contributed by atoms with van der Waals surface area (Å²) in [7, 11) is -3.43. The normalized spacial score (nSPS) is 21.3. The SMILES string of the molecule is CCSc1ccccc1NC(=O)NCCS(=O)(=O)N1CC(C)OC(C)C1. The van der Waals surface area contributed by atoms with E-state index in [1.165, 1.54) is 4.31 Å². The number of morpholine rings is 1. The van der Waals surface area contributed by atoms with Crippen LogP contribution in [0.4, 0.5) is 10.5 Å². The first kappa shape index (κ1) is 21.0. The van der Waals surface area contributed by atoms with Crippen molar-refractivity contribution in [2.45, 2.75) is 37.9 Å². The minimum absolute atomic E-state index is 0.0529. The third kappa shape index (κ3) is 6.15. The van der Waals surface area contributed by atoms with Crippen molar-refractivity contribution in [3.63, 3.8) is 0 Å². The van der Waals surface area contributed by atoms with Crippen LogP contribution < -0.4 is 10.6 Å². The molecule has 1 saturated heterocycles. The number of hydrogen-bond donors (Lipinski definition) is 2. The topological polar surface area (TPSA) is 87.7 Å². The van der Waals surface area contributed by atoms with Crippen LogP contribution in [0.2, 0.25) is 0 Å². The van der Waals surface area contributed by atoms with Crippen LogP contribution >= 0.6 is 11.8 Å². The Morgan fingerprint density at radius 2 is 1.92 bits per heavy atom. The maximum atomic E-state index is 12.5. The van der Waals surface area contributed by atoms with Crippen LogP contribution in [-0.2, 0) is 14.8 Å². The molecule has 2 unspecified atom stereocenters. The maximum absolute atomic E-state index is 12.5. The second-order valence-corrected chi connectivity index (χ2v) is 9.59. The molecule has 1 aromatic carbocycles. The van der Waals surface area contributed by atoms with E-state index in [-0.39, 0.29) is 24.5 Å². The van der Waals surface area contributed by atoms with Crippen molar-refractivity contribution in [3.8, 4) is 0 Å². The summed E-state index contributed by atoms with van der Waals surface area (Å²) in [6.07, 6.45) is -0.255. The maximum Gasteiger partial charge on any atom is 0.319 e. The molecule has 1 fully saturated rings. The largest absolute Gasteiger partial charge is 0.373 e. The van der Waals surface area contributed by atoms with Crippen LogP contribution in [0.5, 0.6) is 0 Å². The molecule has 2 rings (SSSR count). The van der Waals surface area contributed by atoms with E-state index in [0.29, 0.717) is 13.1 Å². The molecule has 7 nitrogen and oxygen atoms in total. The number of carbonyl (C=O) groups excluding carboxylic acids is 1. The summed E-state index contributed by atoms with van der Waals surface area (Å²) in [5.41, 5.74) is 0.718. The van der Waals surface area contributed by atoms with Gasteiger partial charge >= 0.3 is 6.03 Å². The van der Waals surface area contributed by atoms with Crippen LogP contribution in [0.25, 0.3) is 0 Å². The second kappa shape index (κ2) is 9.59. The van der Waals surface area contributed by atoms with Gasteiger partial charge in [0.05, 0.1) is 23.6 Å². The Balaban J connectivity index is 1.84. The Hall–Kier alpha value is -1.29. The van der Waals surface area contributed by atoms with E-state index in [0.717, 1.165) is 16.3 Å². The minimum atomic E-state index is -3.43. The third-order valence-electron chi connectivity index (χ3n) is 3.86. The summed E-state index contributed by atoms with van der Waals surface area (Å²) in [6.45, 7) is 6.50. The molecule has 0 aromatic heterocycles. The fourth-order valence-corrected chi connectivity index (χ4v) is 5.05. The predicted octanol–water partition coefficient (Wildman–Crippen LogP) is 2.36. The zero-order chi connectivity index (χ0) is 19.2. The molecule has 0 bridgehead atoms. The van der Waals surface area contributed by atoms with E-state index in [1.807, 2.05) is 45.0 Å². The van der Waals surface area contributed by atoms with E-state index < -0.39 is 16.1 Å². The van der Waals surface area contributed by atoms with Crippen molar-refractivity contribution >= 4 is 33.5 Å². The van der Waals surface area contributed by atoms with Gasteiger partial charge in [-0.15, -0.1) is 11.8 Å². The van der Waals surface area contributed by atoms with Gasteiger partial charge in [-0.2, -0.15) is 4.31 Å². The van der Waals surface area contributed by atoms with Gasteiger partial charge in [0.1, 0.15) is 0 Å². The Labute approximate surface area is 159 Å². The highest BCUT2D eigenvalue weighted by atomic mass is 32.2. The summed E-state index contributed by atoms with van der Waals surface area (Å²) in [4.78, 5) is 13.1. The fraction of sp³-hybridized carbons (Fsp3) is 0.588. The zero-order valence-electron chi connectivity index (χ0n) is 15.4. The Morgan fingerprint density at radius 1 is 1.27 bits per heavy atom. The highest BCUT2D eigenvalue weighted by Crippen LogP contribution is 2.26. The number of nitrogens with one attached hydrogen (secondary N) is 2. The van der Waals surface area contributed by atoms with Crippen molar-refractivity contribution < 1.29 is 17.9 Å². The summed E-state index contributed by atoms with van der Waals surface area (Å²) in [6, 6.07) is 7.12. The average molecular weight is 402 g/mol. The van der Waals surface area contributed by atoms with Gasteiger partial charge in [-0.05, 0) is 31.7 Å². The van der Waals surface area contributed by atoms with Gasteiger partial charge in [0.15, 0.2) is 0 Å². The minimum Gasteiger partial charge on any atom is -0.373 e. The van der Waals surface area contributed by atoms with E-state index in [9.17, 15) is 13.2 Å². The molecule has 26 heavy (non-hydrogen) atoms. The average Bonchev–Trinajstić information content (AvgIpc) is 2.56. The van der Waals surface area contributed by atoms with E-state index >= 15 is 0 Å². The van der Waals surface area contributed by atoms with Crippen molar-refractivity contribution in [1.29, 1.82) is 0 Å². The highest BCUT2D eigenvalue weighted by Gasteiger charge is 2.30. The predicted molar refractivity (Wildman–Crippen MR) is 105 cm³/mol. The van der Waals surface area contributed by atoms with Crippen LogP contribution in [0.3, 0.4) is 0 Å². The number of carbonyl (C=O) groups is 1. The van der Waals surface area contributed by atoms with E-state index in [2.05, 4.69) is 10.6 Å². The summed E-state index contributed by atoms with van der Waals surface area (Å²) < 4.78 is 31.9. The molecule has 146 valence electrons. The quantitative estimate of drug-likeness (QED) is 0.685. The summed E-state index contributed by atoms with van der Waals surface area (Å²) in [5, 5.41) is 5.40. The van der Waals surface area contributed by atoms with Crippen molar-refractivity contribution in [2.75, 3.05) is 36.5 Å². The van der Waals surface area contributed by atoms with Gasteiger partial charge in [0.25, 0.3) is 0 Å². The number of benzene rings is 1. The lowest BCUT2D eigenvalue weighted by molar-refractivity contribution is -0.0440. The number of nitrogens with zero attached hydrogens (tertiary/aromatic N) is 1. The van der Waals surface area contributed by atoms with Crippen molar-refractivity contribution in [1.82, 2.24) is 9.62 Å². The molecule has 1 aliphatic rings. The van der Waals surface area contributed by atoms with Crippen molar-refractivity contribution in [2.24, 2.45) is 0 Å². The van der Waals surface area contributed by atoms with Gasteiger partial charge in [-0.25, -0.2) is 13.2 Å². The molecule has 1 heterocycles. The Bertz CT molecular complexity index is 702. The number of amides is 2. The standard InChI is InChI=1S/C17H27N3O4S2/c1-4-25-16-8-6-5-7-15(16)19-17(21)18-9-10-26(22,23)20-11-13(2)24-14(3)12-20/h5-8,13-14H,4,9-12H2,1-3H3,(H2,18,19,21). The molecule has 2 atom stereocenters. The molecule has 9 heteroatoms. The lowest BCUT2D eigenvalue weighted by Gasteiger charge is -2.34. The number of urea groups is 1. The van der Waals surface area contributed by atoms with E-state index in [1.54, 1.807) is 11.8 Å². The number of para-hydroxylation sites is 1. The van der Waals surface area contributed by atoms with Crippen LogP contribution in [0.15, 0.2) is 29.2 Å². The molecule has 2 amide bonds. The molecule has 2 N–H and O–H groups in total. The first-order valence-electron chi connectivity index (χ1n) is 8.71. The van der Waals surface area contributed by atoms with Crippen LogP contribution in [0.1, 0.15) is 20.8 Å². The lowest BCUT2D eigenvalue weighted by atomic mass is 10.3. The number of thioether (sulfide) groups is 1. The fourth-order valence-electron chi connectivity index (χ4n) is 2.80. The van der Waals surface area contributed by atoms with E-state index in [4.69, 9.17) is 4.74 Å². The number of sulfonamides is 1. The summed E-state index contributed by atoms with van der Waals surface area (Å²) >= 11 is 1.63. The number of hydrogen-bond acceptors (Lipinski definition) is 5. The monoisotopic (exact) mass is 401 g/mol. The molecular weight excluding hydrogens is 374 g/mol. The lowest BCUT2D eigenvalue weighted by Crippen LogP contribution is -2.49. The van der Waals surface area contributed by atoms with Gasteiger partial charge < -0.3 is 15.4 Å². The Kier molecular flexibility index (Phi) is 7.75. The number of anilines is 1. The number of ether oxygens (including phenoxy) is 1. The molecular formula is C17H27N3O4S2. The molecule has 1 aliphatic heterocycles. The second-order valence-electron chi connectivity index (χ2n) is 6.20. The first-order chi connectivity index (χ1) is 12.3. The van der Waals surface area contributed by atoms with Crippen LogP contribution in [0, 0.1) is 0 Å². The molecule has 0 radical (unpaired) electrons. The number of rotatable bonds is 7. The summed E-state index contributed by atoms with van der Waals surface area (Å²) in [5.74, 6) is 0.764. The first-order valence-corrected chi connectivity index (χ1v) is 11.3. The molecule has 1 aromatic rings. The molecule has 0 spiro atoms. The molecule has 0 aliphatic carbocycles. The van der Waals surface area contributed by atoms with Gasteiger partial charge in [-0.1, -0.05) is 19.1 Å². The van der Waals surface area contributed by atoms with Gasteiger partial charge in [0.2, 0.25) is 10.0 Å². The Morgan fingerprint density at radius 3 is 2.58 bits per heavy atom.